The Morgan fingerprint density at radius 3 is 2.27 bits per heavy atom. The largest absolute Gasteiger partial charge is 0.513 e. The topological polar surface area (TPSA) is 131 Å². The van der Waals surface area contributed by atoms with Gasteiger partial charge in [0.1, 0.15) is 11.5 Å². The van der Waals surface area contributed by atoms with Crippen molar-refractivity contribution in [2.24, 2.45) is 0 Å². The third-order valence-corrected chi connectivity index (χ3v) is 5.89. The highest BCUT2D eigenvalue weighted by Crippen LogP contribution is 2.27. The van der Waals surface area contributed by atoms with E-state index in [4.69, 9.17) is 23.4 Å². The van der Waals surface area contributed by atoms with Crippen molar-refractivity contribution in [2.75, 3.05) is 13.2 Å². The van der Waals surface area contributed by atoms with Crippen LogP contribution in [0.2, 0.25) is 0 Å². The van der Waals surface area contributed by atoms with Crippen LogP contribution in [-0.2, 0) is 14.3 Å². The Balaban J connectivity index is 1.38. The van der Waals surface area contributed by atoms with Crippen molar-refractivity contribution in [2.45, 2.75) is 26.7 Å². The maximum absolute atomic E-state index is 12.8. The minimum absolute atomic E-state index is 0.0672. The van der Waals surface area contributed by atoms with Gasteiger partial charge >= 0.3 is 23.7 Å². The van der Waals surface area contributed by atoms with Gasteiger partial charge in [-0.2, -0.15) is 0 Å². The first-order valence-corrected chi connectivity index (χ1v) is 12.7. The van der Waals surface area contributed by atoms with Crippen molar-refractivity contribution >= 4 is 29.0 Å². The predicted molar refractivity (Wildman–Crippen MR) is 149 cm³/mol. The molecule has 1 aromatic heterocycles. The molecule has 0 radical (unpaired) electrons. The number of rotatable bonds is 10. The molecular formula is C31H27NO9. The lowest BCUT2D eigenvalue weighted by Gasteiger charge is -2.10. The molecule has 41 heavy (non-hydrogen) atoms. The summed E-state index contributed by atoms with van der Waals surface area (Å²) in [7, 11) is 0. The fourth-order valence-electron chi connectivity index (χ4n) is 3.67. The van der Waals surface area contributed by atoms with E-state index in [1.165, 1.54) is 18.2 Å². The van der Waals surface area contributed by atoms with Crippen LogP contribution in [0.1, 0.15) is 34.3 Å². The molecule has 10 heteroatoms. The second kappa shape index (κ2) is 13.2. The van der Waals surface area contributed by atoms with E-state index in [0.29, 0.717) is 35.0 Å². The molecule has 0 fully saturated rings. The summed E-state index contributed by atoms with van der Waals surface area (Å²) in [6.07, 6.45) is 1.20. The van der Waals surface area contributed by atoms with Gasteiger partial charge < -0.3 is 23.4 Å². The first kappa shape index (κ1) is 28.8. The van der Waals surface area contributed by atoms with Crippen molar-refractivity contribution in [3.8, 4) is 23.0 Å². The van der Waals surface area contributed by atoms with Crippen molar-refractivity contribution in [1.82, 2.24) is 4.98 Å². The number of aromatic nitrogens is 1. The summed E-state index contributed by atoms with van der Waals surface area (Å²) < 4.78 is 25.9. The molecule has 3 aromatic carbocycles. The molecule has 0 aliphatic heterocycles. The number of hydrogen-bond acceptors (Lipinski definition) is 10. The minimum Gasteiger partial charge on any atom is -0.463 e. The molecule has 0 amide bonds. The van der Waals surface area contributed by atoms with Crippen LogP contribution in [-0.4, -0.2) is 36.3 Å². The highest BCUT2D eigenvalue weighted by Gasteiger charge is 2.16. The van der Waals surface area contributed by atoms with Crippen LogP contribution >= 0.6 is 0 Å². The van der Waals surface area contributed by atoms with Crippen LogP contribution in [0, 0.1) is 13.8 Å². The standard InChI is InChI=1S/C31H27NO9/c1-4-27(33)37-15-5-6-16-38-31(36)39-23-13-11-21(12-14-23)28-32-25-17-20(3)26(18-24(25)30(35)41-28)40-29(34)22-9-7-19(2)8-10-22/h4,7-14,17-18H,1,5-6,15-16H2,2-3H3. The third-order valence-electron chi connectivity index (χ3n) is 5.89. The molecule has 0 unspecified atom stereocenters. The van der Waals surface area contributed by atoms with Gasteiger partial charge in [-0.1, -0.05) is 24.3 Å². The maximum Gasteiger partial charge on any atom is 0.513 e. The number of hydrogen-bond donors (Lipinski definition) is 0. The SMILES string of the molecule is C=CC(=O)OCCCCOC(=O)Oc1ccc(-c2nc3cc(C)c(OC(=O)c4ccc(C)cc4)cc3c(=O)o2)cc1. The number of carbonyl (C=O) groups is 3. The smallest absolute Gasteiger partial charge is 0.463 e. The average molecular weight is 558 g/mol. The number of fused-ring (bicyclic) bond motifs is 1. The lowest BCUT2D eigenvalue weighted by Crippen LogP contribution is -2.12. The van der Waals surface area contributed by atoms with Crippen molar-refractivity contribution < 1.29 is 37.7 Å². The van der Waals surface area contributed by atoms with E-state index in [0.717, 1.165) is 11.6 Å². The van der Waals surface area contributed by atoms with Crippen LogP contribution in [0.5, 0.6) is 11.5 Å². The van der Waals surface area contributed by atoms with Crippen LogP contribution in [0.3, 0.4) is 0 Å². The van der Waals surface area contributed by atoms with Crippen molar-refractivity contribution in [1.29, 1.82) is 0 Å². The summed E-state index contributed by atoms with van der Waals surface area (Å²) in [5.41, 5.74) is 2.21. The predicted octanol–water partition coefficient (Wildman–Crippen LogP) is 5.72. The monoisotopic (exact) mass is 557 g/mol. The molecule has 0 spiro atoms. The lowest BCUT2D eigenvalue weighted by molar-refractivity contribution is -0.137. The Labute approximate surface area is 235 Å². The first-order valence-electron chi connectivity index (χ1n) is 12.7. The Kier molecular flexibility index (Phi) is 9.26. The summed E-state index contributed by atoms with van der Waals surface area (Å²) in [4.78, 5) is 52.7. The molecule has 210 valence electrons. The quantitative estimate of drug-likeness (QED) is 0.0784. The highest BCUT2D eigenvalue weighted by atomic mass is 16.7. The van der Waals surface area contributed by atoms with E-state index in [9.17, 15) is 19.2 Å². The number of aryl methyl sites for hydroxylation is 2. The number of ether oxygens (including phenoxy) is 4. The molecule has 0 bridgehead atoms. The number of nitrogens with zero attached hydrogens (tertiary/aromatic N) is 1. The maximum atomic E-state index is 12.8. The van der Waals surface area contributed by atoms with Crippen LogP contribution in [0.4, 0.5) is 4.79 Å². The summed E-state index contributed by atoms with van der Waals surface area (Å²) in [5, 5.41) is 0.160. The van der Waals surface area contributed by atoms with Crippen LogP contribution in [0.25, 0.3) is 22.4 Å². The van der Waals surface area contributed by atoms with Gasteiger partial charge in [-0.25, -0.2) is 24.2 Å². The zero-order valence-electron chi connectivity index (χ0n) is 22.5. The zero-order chi connectivity index (χ0) is 29.4. The van der Waals surface area contributed by atoms with Crippen molar-refractivity contribution in [3.05, 3.63) is 100 Å². The van der Waals surface area contributed by atoms with Crippen molar-refractivity contribution in [3.63, 3.8) is 0 Å². The molecular weight excluding hydrogens is 530 g/mol. The molecule has 10 nitrogen and oxygen atoms in total. The van der Waals surface area contributed by atoms with Gasteiger partial charge in [0.25, 0.3) is 0 Å². The second-order valence-electron chi connectivity index (χ2n) is 9.00. The lowest BCUT2D eigenvalue weighted by atomic mass is 10.1. The van der Waals surface area contributed by atoms with Gasteiger partial charge in [0.05, 0.1) is 29.7 Å². The van der Waals surface area contributed by atoms with Gasteiger partial charge in [-0.05, 0) is 80.8 Å². The van der Waals surface area contributed by atoms with E-state index in [-0.39, 0.29) is 36.0 Å². The number of unbranched alkanes of at least 4 members (excludes halogenated alkanes) is 1. The van der Waals surface area contributed by atoms with E-state index in [1.54, 1.807) is 37.3 Å². The molecule has 4 rings (SSSR count). The molecule has 0 atom stereocenters. The average Bonchev–Trinajstić information content (AvgIpc) is 2.96. The van der Waals surface area contributed by atoms with Crippen LogP contribution in [0.15, 0.2) is 82.5 Å². The minimum atomic E-state index is -0.884. The number of benzene rings is 3. The van der Waals surface area contributed by atoms with E-state index in [1.807, 2.05) is 19.1 Å². The Morgan fingerprint density at radius 2 is 1.59 bits per heavy atom. The fraction of sp³-hybridized carbons (Fsp3) is 0.194. The first-order chi connectivity index (χ1) is 19.7. The summed E-state index contributed by atoms with van der Waals surface area (Å²) >= 11 is 0. The number of carbonyl (C=O) groups excluding carboxylic acids is 3. The highest BCUT2D eigenvalue weighted by molar-refractivity contribution is 5.92. The summed E-state index contributed by atoms with van der Waals surface area (Å²) in [5.74, 6) is -0.531. The number of esters is 2. The fourth-order valence-corrected chi connectivity index (χ4v) is 3.67. The normalized spacial score (nSPS) is 10.6. The van der Waals surface area contributed by atoms with E-state index >= 15 is 0 Å². The van der Waals surface area contributed by atoms with E-state index in [2.05, 4.69) is 11.6 Å². The zero-order valence-corrected chi connectivity index (χ0v) is 22.5. The van der Waals surface area contributed by atoms with E-state index < -0.39 is 23.7 Å². The van der Waals surface area contributed by atoms with Gasteiger partial charge in [-0.15, -0.1) is 0 Å². The van der Waals surface area contributed by atoms with Gasteiger partial charge in [0, 0.05) is 11.6 Å². The third kappa shape index (κ3) is 7.66. The Hall–Kier alpha value is -5.25. The molecule has 0 saturated carbocycles. The molecule has 0 aliphatic carbocycles. The summed E-state index contributed by atoms with van der Waals surface area (Å²) in [6.45, 7) is 7.27. The molecule has 1 heterocycles. The molecule has 0 N–H and O–H groups in total. The Morgan fingerprint density at radius 1 is 0.902 bits per heavy atom. The molecule has 4 aromatic rings. The van der Waals surface area contributed by atoms with Gasteiger partial charge in [-0.3, -0.25) is 0 Å². The van der Waals surface area contributed by atoms with Crippen LogP contribution < -0.4 is 15.1 Å². The molecule has 0 saturated heterocycles. The molecule has 0 aliphatic rings. The second-order valence-corrected chi connectivity index (χ2v) is 9.00. The van der Waals surface area contributed by atoms with Gasteiger partial charge in [0.2, 0.25) is 5.89 Å². The Bertz CT molecular complexity index is 1640. The summed E-state index contributed by atoms with van der Waals surface area (Å²) in [6, 6.07) is 16.2. The van der Waals surface area contributed by atoms with Gasteiger partial charge in [0.15, 0.2) is 0 Å².